The van der Waals surface area contributed by atoms with E-state index in [1.165, 1.54) is 12.8 Å². The van der Waals surface area contributed by atoms with Crippen molar-refractivity contribution in [2.45, 2.75) is 161 Å². The van der Waals surface area contributed by atoms with Crippen molar-refractivity contribution in [3.8, 4) is 0 Å². The molecule has 330 valence electrons. The Balaban J connectivity index is 4.14. The monoisotopic (exact) mass is 828 g/mol. The number of hydrogen-bond acceptors (Lipinski definition) is 7. The van der Waals surface area contributed by atoms with E-state index in [1.54, 1.807) is 0 Å². The Labute approximate surface area is 354 Å². The number of phosphoric acid groups is 1. The van der Waals surface area contributed by atoms with Gasteiger partial charge in [-0.2, -0.15) is 0 Å². The maximum Gasteiger partial charge on any atom is 0.472 e. The fourth-order valence-electron chi connectivity index (χ4n) is 5.48. The van der Waals surface area contributed by atoms with Crippen molar-refractivity contribution in [2.24, 2.45) is 5.73 Å². The van der Waals surface area contributed by atoms with Crippen molar-refractivity contribution in [2.75, 3.05) is 33.0 Å². The van der Waals surface area contributed by atoms with Crippen LogP contribution in [0.25, 0.3) is 0 Å². The van der Waals surface area contributed by atoms with Gasteiger partial charge < -0.3 is 20.1 Å². The molecule has 0 aliphatic rings. The summed E-state index contributed by atoms with van der Waals surface area (Å²) in [5.74, 6) is -0.359. The van der Waals surface area contributed by atoms with Crippen LogP contribution in [0.3, 0.4) is 0 Å². The number of esters is 1. The van der Waals surface area contributed by atoms with Crippen molar-refractivity contribution < 1.29 is 32.8 Å². The molecule has 58 heavy (non-hydrogen) atoms. The van der Waals surface area contributed by atoms with Gasteiger partial charge in [0.05, 0.1) is 19.8 Å². The molecule has 0 rings (SSSR count). The molecule has 9 heteroatoms. The molecule has 0 saturated carbocycles. The Morgan fingerprint density at radius 2 is 0.914 bits per heavy atom. The molecule has 0 aromatic rings. The van der Waals surface area contributed by atoms with Gasteiger partial charge in [-0.3, -0.25) is 13.8 Å². The van der Waals surface area contributed by atoms with Gasteiger partial charge in [0, 0.05) is 19.6 Å². The first-order valence-electron chi connectivity index (χ1n) is 22.4. The number of carbonyl (C=O) groups excluding carboxylic acids is 1. The predicted octanol–water partition coefficient (Wildman–Crippen LogP) is 13.6. The first kappa shape index (κ1) is 55.2. The quantitative estimate of drug-likeness (QED) is 0.0271. The number of unbranched alkanes of at least 4 members (excludes halogenated alkanes) is 10. The van der Waals surface area contributed by atoms with Crippen LogP contribution in [0.1, 0.15) is 155 Å². The Kier molecular flexibility index (Phi) is 43.0. The van der Waals surface area contributed by atoms with Crippen LogP contribution < -0.4 is 5.73 Å². The minimum atomic E-state index is -4.30. The van der Waals surface area contributed by atoms with Gasteiger partial charge in [0.15, 0.2) is 0 Å². The highest BCUT2D eigenvalue weighted by atomic mass is 31.2. The number of rotatable bonds is 41. The lowest BCUT2D eigenvalue weighted by atomic mass is 10.1. The molecule has 0 spiro atoms. The zero-order valence-electron chi connectivity index (χ0n) is 36.5. The van der Waals surface area contributed by atoms with E-state index in [0.717, 1.165) is 122 Å². The first-order valence-corrected chi connectivity index (χ1v) is 23.9. The summed E-state index contributed by atoms with van der Waals surface area (Å²) < 4.78 is 33.4. The van der Waals surface area contributed by atoms with Crippen molar-refractivity contribution in [1.29, 1.82) is 0 Å². The highest BCUT2D eigenvalue weighted by molar-refractivity contribution is 7.47. The van der Waals surface area contributed by atoms with Crippen LogP contribution in [-0.2, 0) is 27.9 Å². The maximum absolute atomic E-state index is 12.6. The van der Waals surface area contributed by atoms with Crippen LogP contribution >= 0.6 is 7.82 Å². The molecule has 0 bridgehead atoms. The van der Waals surface area contributed by atoms with E-state index >= 15 is 0 Å². The van der Waals surface area contributed by atoms with Crippen molar-refractivity contribution >= 4 is 13.8 Å². The van der Waals surface area contributed by atoms with Gasteiger partial charge in [0.2, 0.25) is 0 Å². The second kappa shape index (κ2) is 45.2. The molecule has 0 radical (unpaired) electrons. The number of allylic oxidation sites excluding steroid dienone is 18. The Morgan fingerprint density at radius 3 is 1.36 bits per heavy atom. The summed E-state index contributed by atoms with van der Waals surface area (Å²) >= 11 is 0. The third-order valence-corrected chi connectivity index (χ3v) is 9.67. The molecule has 0 fully saturated rings. The molecule has 0 saturated heterocycles. The Hall–Kier alpha value is -2.84. The van der Waals surface area contributed by atoms with Crippen LogP contribution in [0.2, 0.25) is 0 Å². The molecule has 0 aliphatic carbocycles. The number of hydrogen-bond donors (Lipinski definition) is 2. The highest BCUT2D eigenvalue weighted by Crippen LogP contribution is 2.43. The zero-order valence-corrected chi connectivity index (χ0v) is 37.4. The normalized spacial score (nSPS) is 14.5. The number of ether oxygens (including phenoxy) is 2. The summed E-state index contributed by atoms with van der Waals surface area (Å²) in [5.41, 5.74) is 5.37. The largest absolute Gasteiger partial charge is 0.472 e. The van der Waals surface area contributed by atoms with Gasteiger partial charge in [0.1, 0.15) is 6.10 Å². The van der Waals surface area contributed by atoms with E-state index in [2.05, 4.69) is 123 Å². The Morgan fingerprint density at radius 1 is 0.517 bits per heavy atom. The van der Waals surface area contributed by atoms with Crippen molar-refractivity contribution in [1.82, 2.24) is 0 Å². The molecule has 0 amide bonds. The average molecular weight is 828 g/mol. The van der Waals surface area contributed by atoms with Gasteiger partial charge in [0.25, 0.3) is 0 Å². The summed E-state index contributed by atoms with van der Waals surface area (Å²) in [4.78, 5) is 22.5. The Bertz CT molecular complexity index is 1250. The fourth-order valence-corrected chi connectivity index (χ4v) is 6.25. The summed E-state index contributed by atoms with van der Waals surface area (Å²) in [6.07, 6.45) is 61.1. The molecule has 0 aromatic heterocycles. The molecule has 2 unspecified atom stereocenters. The molecule has 3 N–H and O–H groups in total. The van der Waals surface area contributed by atoms with Crippen molar-refractivity contribution in [3.05, 3.63) is 109 Å². The van der Waals surface area contributed by atoms with Crippen molar-refractivity contribution in [3.63, 3.8) is 0 Å². The molecule has 0 heterocycles. The lowest BCUT2D eigenvalue weighted by Gasteiger charge is -2.20. The van der Waals surface area contributed by atoms with Crippen LogP contribution in [-0.4, -0.2) is 49.9 Å². The standard InChI is InChI=1S/C49H82NO7P/c1-3-5-7-9-11-13-15-17-19-21-23-25-27-29-31-33-35-37-39-41-44-54-46-48(47-56-58(52,53)55-45-43-50)57-49(51)42-40-38-36-34-32-30-28-26-24-22-20-18-16-14-12-10-8-6-4-2/h5-8,11-14,17-20,23-26,29,31,48H,3-4,9-10,15-16,21-22,27-28,30,32-47,50H2,1-2H3,(H,52,53)/b7-5-,8-6-,13-11-,14-12-,19-17-,20-18-,25-23-,26-24-,31-29-. The first-order chi connectivity index (χ1) is 28.4. The minimum Gasteiger partial charge on any atom is -0.457 e. The molecule has 2 atom stereocenters. The van der Waals surface area contributed by atoms with Gasteiger partial charge in [-0.05, 0) is 96.3 Å². The van der Waals surface area contributed by atoms with Gasteiger partial charge >= 0.3 is 13.8 Å². The van der Waals surface area contributed by atoms with E-state index in [0.29, 0.717) is 6.61 Å². The lowest BCUT2D eigenvalue weighted by Crippen LogP contribution is -2.28. The predicted molar refractivity (Wildman–Crippen MR) is 247 cm³/mol. The smallest absolute Gasteiger partial charge is 0.457 e. The average Bonchev–Trinajstić information content (AvgIpc) is 3.21. The second-order valence-electron chi connectivity index (χ2n) is 14.1. The van der Waals surface area contributed by atoms with Gasteiger partial charge in [-0.1, -0.05) is 162 Å². The van der Waals surface area contributed by atoms with Gasteiger partial charge in [-0.25, -0.2) is 4.57 Å². The molecule has 0 aliphatic heterocycles. The summed E-state index contributed by atoms with van der Waals surface area (Å²) in [5, 5.41) is 0. The van der Waals surface area contributed by atoms with Crippen LogP contribution in [0, 0.1) is 0 Å². The third-order valence-electron chi connectivity index (χ3n) is 8.69. The number of carbonyl (C=O) groups is 1. The SMILES string of the molecule is CC/C=C\C/C=C\C/C=C\C/C=C\C/C=C\CCCCCCOCC(COP(=O)(O)OCCN)OC(=O)CCCCCCCC/C=C\C/C=C\C/C=C\C/C=C\CC. The molecule has 8 nitrogen and oxygen atoms in total. The summed E-state index contributed by atoms with van der Waals surface area (Å²) in [6, 6.07) is 0. The third kappa shape index (κ3) is 44.3. The maximum atomic E-state index is 12.6. The van der Waals surface area contributed by atoms with E-state index in [-0.39, 0.29) is 38.8 Å². The summed E-state index contributed by atoms with van der Waals surface area (Å²) in [6.45, 7) is 4.58. The van der Waals surface area contributed by atoms with E-state index < -0.39 is 13.9 Å². The minimum absolute atomic E-state index is 0.0853. The highest BCUT2D eigenvalue weighted by Gasteiger charge is 2.25. The van der Waals surface area contributed by atoms with E-state index in [4.69, 9.17) is 24.3 Å². The van der Waals surface area contributed by atoms with Gasteiger partial charge in [-0.15, -0.1) is 0 Å². The molecular weight excluding hydrogens is 746 g/mol. The summed E-state index contributed by atoms with van der Waals surface area (Å²) in [7, 11) is -4.30. The van der Waals surface area contributed by atoms with Crippen LogP contribution in [0.15, 0.2) is 109 Å². The van der Waals surface area contributed by atoms with E-state index in [1.807, 2.05) is 0 Å². The molecular formula is C49H82NO7P. The topological polar surface area (TPSA) is 117 Å². The fraction of sp³-hybridized carbons (Fsp3) is 0.612. The number of nitrogens with two attached hydrogens (primary N) is 1. The number of phosphoric ester groups is 1. The lowest BCUT2D eigenvalue weighted by molar-refractivity contribution is -0.154. The van der Waals surface area contributed by atoms with Crippen LogP contribution in [0.4, 0.5) is 0 Å². The molecule has 0 aromatic carbocycles. The second-order valence-corrected chi connectivity index (χ2v) is 15.6. The van der Waals surface area contributed by atoms with Crippen LogP contribution in [0.5, 0.6) is 0 Å². The zero-order chi connectivity index (χ0) is 42.3. The van der Waals surface area contributed by atoms with E-state index in [9.17, 15) is 14.3 Å².